The third kappa shape index (κ3) is 5.04. The number of carbonyl (C=O) groups is 1. The number of aromatic nitrogens is 1. The molecule has 0 spiro atoms. The topological polar surface area (TPSA) is 58.4 Å². The van der Waals surface area contributed by atoms with Crippen molar-refractivity contribution in [1.29, 1.82) is 0 Å². The van der Waals surface area contributed by atoms with E-state index in [4.69, 9.17) is 0 Å². The average molecular weight is 400 g/mol. The maximum Gasteiger partial charge on any atom is 0.416 e. The van der Waals surface area contributed by atoms with Crippen LogP contribution in [0.25, 0.3) is 5.69 Å². The molecular formula is C21H19F3N4O. The molecule has 0 aliphatic carbocycles. The average Bonchev–Trinajstić information content (AvgIpc) is 3.13. The van der Waals surface area contributed by atoms with Crippen molar-refractivity contribution in [1.82, 2.24) is 9.99 Å². The number of halogens is 3. The van der Waals surface area contributed by atoms with Gasteiger partial charge >= 0.3 is 12.2 Å². The van der Waals surface area contributed by atoms with Crippen LogP contribution in [0, 0.1) is 13.8 Å². The van der Waals surface area contributed by atoms with Gasteiger partial charge < -0.3 is 9.88 Å². The van der Waals surface area contributed by atoms with Crippen LogP contribution in [0.2, 0.25) is 0 Å². The van der Waals surface area contributed by atoms with E-state index in [0.717, 1.165) is 23.3 Å². The number of amides is 2. The van der Waals surface area contributed by atoms with Crippen molar-refractivity contribution in [2.75, 3.05) is 5.32 Å². The summed E-state index contributed by atoms with van der Waals surface area (Å²) in [6.07, 6.45) is -1.45. The first-order valence-electron chi connectivity index (χ1n) is 8.76. The van der Waals surface area contributed by atoms with Gasteiger partial charge in [-0.2, -0.15) is 18.3 Å². The molecule has 1 heterocycles. The van der Waals surface area contributed by atoms with E-state index in [0.29, 0.717) is 17.1 Å². The van der Waals surface area contributed by atoms with Gasteiger partial charge in [-0.15, -0.1) is 0 Å². The monoisotopic (exact) mass is 400 g/mol. The Bertz CT molecular complexity index is 1050. The van der Waals surface area contributed by atoms with Gasteiger partial charge in [0.15, 0.2) is 0 Å². The Morgan fingerprint density at radius 2 is 1.83 bits per heavy atom. The van der Waals surface area contributed by atoms with E-state index in [1.54, 1.807) is 35.0 Å². The highest BCUT2D eigenvalue weighted by molar-refractivity contribution is 5.90. The largest absolute Gasteiger partial charge is 0.416 e. The lowest BCUT2D eigenvalue weighted by atomic mass is 10.1. The molecule has 29 heavy (non-hydrogen) atoms. The van der Waals surface area contributed by atoms with E-state index in [1.807, 2.05) is 26.0 Å². The molecule has 8 heteroatoms. The fourth-order valence-corrected chi connectivity index (χ4v) is 2.70. The highest BCUT2D eigenvalue weighted by Gasteiger charge is 2.30. The number of hydrogen-bond acceptors (Lipinski definition) is 2. The van der Waals surface area contributed by atoms with E-state index in [1.165, 1.54) is 12.3 Å². The minimum absolute atomic E-state index is 0.339. The number of urea groups is 1. The van der Waals surface area contributed by atoms with Crippen LogP contribution in [0.15, 0.2) is 65.9 Å². The van der Waals surface area contributed by atoms with Crippen LogP contribution in [-0.2, 0) is 6.18 Å². The van der Waals surface area contributed by atoms with Gasteiger partial charge in [0.2, 0.25) is 0 Å². The van der Waals surface area contributed by atoms with Gasteiger partial charge in [0.25, 0.3) is 0 Å². The van der Waals surface area contributed by atoms with Crippen LogP contribution in [0.3, 0.4) is 0 Å². The first-order chi connectivity index (χ1) is 13.7. The molecule has 0 radical (unpaired) electrons. The van der Waals surface area contributed by atoms with Crippen molar-refractivity contribution >= 4 is 17.9 Å². The lowest BCUT2D eigenvalue weighted by molar-refractivity contribution is -0.137. The fourth-order valence-electron chi connectivity index (χ4n) is 2.70. The number of aryl methyl sites for hydroxylation is 2. The molecule has 5 nitrogen and oxygen atoms in total. The molecule has 2 aromatic carbocycles. The Hall–Kier alpha value is -3.55. The zero-order valence-corrected chi connectivity index (χ0v) is 15.8. The molecule has 0 aliphatic rings. The molecule has 3 aromatic rings. The first kappa shape index (κ1) is 20.2. The molecular weight excluding hydrogens is 381 g/mol. The van der Waals surface area contributed by atoms with Gasteiger partial charge in [0.1, 0.15) is 0 Å². The molecule has 150 valence electrons. The SMILES string of the molecule is Cc1ccc(NC(=O)N/N=C/c2cccn2-c2cccc(C(F)(F)F)c2)cc1C. The number of anilines is 1. The van der Waals surface area contributed by atoms with Crippen molar-refractivity contribution in [2.24, 2.45) is 5.10 Å². The second-order valence-electron chi connectivity index (χ2n) is 6.47. The number of benzene rings is 2. The van der Waals surface area contributed by atoms with Crippen LogP contribution in [0.4, 0.5) is 23.7 Å². The quantitative estimate of drug-likeness (QED) is 0.455. The smallest absolute Gasteiger partial charge is 0.316 e. The van der Waals surface area contributed by atoms with Gasteiger partial charge in [0, 0.05) is 17.6 Å². The van der Waals surface area contributed by atoms with Gasteiger partial charge in [-0.05, 0) is 67.4 Å². The molecule has 2 amide bonds. The predicted molar refractivity (Wildman–Crippen MR) is 106 cm³/mol. The summed E-state index contributed by atoms with van der Waals surface area (Å²) in [6.45, 7) is 3.92. The highest BCUT2D eigenvalue weighted by atomic mass is 19.4. The normalized spacial score (nSPS) is 11.6. The van der Waals surface area contributed by atoms with Crippen molar-refractivity contribution in [3.63, 3.8) is 0 Å². The van der Waals surface area contributed by atoms with Crippen molar-refractivity contribution in [2.45, 2.75) is 20.0 Å². The van der Waals surface area contributed by atoms with Crippen molar-refractivity contribution in [3.05, 3.63) is 83.2 Å². The summed E-state index contributed by atoms with van der Waals surface area (Å²) in [6, 6.07) is 13.3. The summed E-state index contributed by atoms with van der Waals surface area (Å²) in [5, 5.41) is 6.54. The molecule has 0 saturated carbocycles. The predicted octanol–water partition coefficient (Wildman–Crippen LogP) is 5.27. The minimum atomic E-state index is -4.43. The van der Waals surface area contributed by atoms with Crippen LogP contribution < -0.4 is 10.7 Å². The number of rotatable bonds is 4. The van der Waals surface area contributed by atoms with Crippen LogP contribution >= 0.6 is 0 Å². The lowest BCUT2D eigenvalue weighted by Crippen LogP contribution is -2.24. The zero-order valence-electron chi connectivity index (χ0n) is 15.8. The van der Waals surface area contributed by atoms with Gasteiger partial charge in [0.05, 0.1) is 17.5 Å². The maximum atomic E-state index is 12.9. The highest BCUT2D eigenvalue weighted by Crippen LogP contribution is 2.30. The summed E-state index contributed by atoms with van der Waals surface area (Å²) < 4.78 is 40.4. The second-order valence-corrected chi connectivity index (χ2v) is 6.47. The van der Waals surface area contributed by atoms with Crippen LogP contribution in [0.1, 0.15) is 22.4 Å². The summed E-state index contributed by atoms with van der Waals surface area (Å²) >= 11 is 0. The van der Waals surface area contributed by atoms with Crippen LogP contribution in [0.5, 0.6) is 0 Å². The third-order valence-electron chi connectivity index (χ3n) is 4.36. The Labute approximate surface area is 165 Å². The number of alkyl halides is 3. The molecule has 0 fully saturated rings. The van der Waals surface area contributed by atoms with Crippen LogP contribution in [-0.4, -0.2) is 16.8 Å². The minimum Gasteiger partial charge on any atom is -0.316 e. The zero-order chi connectivity index (χ0) is 21.0. The Kier molecular flexibility index (Phi) is 5.72. The fraction of sp³-hybridized carbons (Fsp3) is 0.143. The first-order valence-corrected chi connectivity index (χ1v) is 8.76. The second kappa shape index (κ2) is 8.22. The van der Waals surface area contributed by atoms with Crippen molar-refractivity contribution < 1.29 is 18.0 Å². The molecule has 1 aromatic heterocycles. The molecule has 0 saturated heterocycles. The number of nitrogens with one attached hydrogen (secondary N) is 2. The summed E-state index contributed by atoms with van der Waals surface area (Å²) in [7, 11) is 0. The third-order valence-corrected chi connectivity index (χ3v) is 4.36. The Balaban J connectivity index is 1.69. The number of carbonyl (C=O) groups excluding carboxylic acids is 1. The molecule has 0 aliphatic heterocycles. The summed E-state index contributed by atoms with van der Waals surface area (Å²) in [4.78, 5) is 12.0. The van der Waals surface area contributed by atoms with Gasteiger partial charge in [-0.25, -0.2) is 10.2 Å². The Morgan fingerprint density at radius 1 is 1.03 bits per heavy atom. The molecule has 0 unspecified atom stereocenters. The molecule has 0 atom stereocenters. The number of hydrogen-bond donors (Lipinski definition) is 2. The van der Waals surface area contributed by atoms with E-state index in [-0.39, 0.29) is 0 Å². The lowest BCUT2D eigenvalue weighted by Gasteiger charge is -2.11. The van der Waals surface area contributed by atoms with E-state index in [2.05, 4.69) is 15.8 Å². The van der Waals surface area contributed by atoms with Gasteiger partial charge in [-0.3, -0.25) is 0 Å². The van der Waals surface area contributed by atoms with Crippen molar-refractivity contribution in [3.8, 4) is 5.69 Å². The standard InChI is InChI=1S/C21H19F3N4O/c1-14-8-9-17(11-15(14)2)26-20(29)27-25-13-19-7-4-10-28(19)18-6-3-5-16(12-18)21(22,23)24/h3-13H,1-2H3,(H2,26,27,29)/b25-13+. The summed E-state index contributed by atoms with van der Waals surface area (Å²) in [5.74, 6) is 0. The summed E-state index contributed by atoms with van der Waals surface area (Å²) in [5.41, 5.74) is 5.25. The number of hydrazone groups is 1. The van der Waals surface area contributed by atoms with E-state index in [9.17, 15) is 18.0 Å². The Morgan fingerprint density at radius 3 is 2.55 bits per heavy atom. The number of nitrogens with zero attached hydrogens (tertiary/aromatic N) is 2. The van der Waals surface area contributed by atoms with E-state index < -0.39 is 17.8 Å². The molecule has 0 bridgehead atoms. The molecule has 2 N–H and O–H groups in total. The van der Waals surface area contributed by atoms with E-state index >= 15 is 0 Å². The van der Waals surface area contributed by atoms with Gasteiger partial charge in [-0.1, -0.05) is 12.1 Å². The molecule has 3 rings (SSSR count). The maximum absolute atomic E-state index is 12.9.